The van der Waals surface area contributed by atoms with E-state index in [0.29, 0.717) is 29.6 Å². The molecular formula is C19H21N3O5. The number of carbonyl (C=O) groups excluding carboxylic acids is 1. The second-order valence-electron chi connectivity index (χ2n) is 6.12. The topological polar surface area (TPSA) is 103 Å². The maximum Gasteiger partial charge on any atom is 0.271 e. The highest BCUT2D eigenvalue weighted by molar-refractivity contribution is 5.95. The van der Waals surface area contributed by atoms with E-state index in [9.17, 15) is 14.9 Å². The van der Waals surface area contributed by atoms with Crippen molar-refractivity contribution in [2.75, 3.05) is 13.7 Å². The van der Waals surface area contributed by atoms with Crippen molar-refractivity contribution in [2.45, 2.75) is 13.8 Å². The maximum atomic E-state index is 12.0. The summed E-state index contributed by atoms with van der Waals surface area (Å²) < 4.78 is 11.0. The molecule has 0 aliphatic rings. The number of hydrogen-bond acceptors (Lipinski definition) is 6. The zero-order valence-electron chi connectivity index (χ0n) is 15.3. The van der Waals surface area contributed by atoms with Crippen LogP contribution in [0.1, 0.15) is 29.8 Å². The molecule has 2 aromatic carbocycles. The number of nitro groups is 1. The molecule has 2 rings (SSSR count). The molecule has 0 spiro atoms. The van der Waals surface area contributed by atoms with Crippen molar-refractivity contribution in [3.8, 4) is 11.5 Å². The molecule has 0 aromatic heterocycles. The van der Waals surface area contributed by atoms with Crippen molar-refractivity contribution in [2.24, 2.45) is 11.0 Å². The van der Waals surface area contributed by atoms with Crippen LogP contribution in [-0.2, 0) is 0 Å². The van der Waals surface area contributed by atoms with Crippen molar-refractivity contribution in [1.82, 2.24) is 5.43 Å². The van der Waals surface area contributed by atoms with Gasteiger partial charge >= 0.3 is 0 Å². The highest BCUT2D eigenvalue weighted by atomic mass is 16.6. The Hall–Kier alpha value is -3.42. The number of methoxy groups -OCH3 is 1. The predicted molar refractivity (Wildman–Crippen MR) is 101 cm³/mol. The summed E-state index contributed by atoms with van der Waals surface area (Å²) >= 11 is 0. The average Bonchev–Trinajstić information content (AvgIpc) is 2.66. The standard InChI is InChI=1S/C19H21N3O5/c1-13(2)12-27-17-9-4-14(10-18(17)26-3)11-20-21-19(23)15-5-7-16(8-6-15)22(24)25/h4-11,13H,12H2,1-3H3,(H,21,23)/b20-11-. The lowest BCUT2D eigenvalue weighted by Gasteiger charge is -2.12. The van der Waals surface area contributed by atoms with Gasteiger partial charge in [-0.3, -0.25) is 14.9 Å². The summed E-state index contributed by atoms with van der Waals surface area (Å²) in [5.74, 6) is 1.13. The summed E-state index contributed by atoms with van der Waals surface area (Å²) in [6, 6.07) is 10.6. The molecular weight excluding hydrogens is 350 g/mol. The largest absolute Gasteiger partial charge is 0.493 e. The Kier molecular flexibility index (Phi) is 6.87. The van der Waals surface area contributed by atoms with E-state index >= 15 is 0 Å². The van der Waals surface area contributed by atoms with Crippen LogP contribution in [0.5, 0.6) is 11.5 Å². The van der Waals surface area contributed by atoms with E-state index in [1.807, 2.05) is 0 Å². The van der Waals surface area contributed by atoms with Gasteiger partial charge in [-0.1, -0.05) is 13.8 Å². The SMILES string of the molecule is COc1cc(/C=N\NC(=O)c2ccc([N+](=O)[O-])cc2)ccc1OCC(C)C. The summed E-state index contributed by atoms with van der Waals surface area (Å²) in [6.07, 6.45) is 1.47. The number of benzene rings is 2. The lowest BCUT2D eigenvalue weighted by atomic mass is 10.2. The maximum absolute atomic E-state index is 12.0. The molecule has 27 heavy (non-hydrogen) atoms. The summed E-state index contributed by atoms with van der Waals surface area (Å²) in [4.78, 5) is 22.1. The van der Waals surface area contributed by atoms with E-state index in [1.165, 1.54) is 30.5 Å². The molecule has 8 heteroatoms. The lowest BCUT2D eigenvalue weighted by Crippen LogP contribution is -2.17. The van der Waals surface area contributed by atoms with Gasteiger partial charge in [0, 0.05) is 17.7 Å². The molecule has 0 heterocycles. The van der Waals surface area contributed by atoms with Crippen LogP contribution < -0.4 is 14.9 Å². The van der Waals surface area contributed by atoms with E-state index in [0.717, 1.165) is 0 Å². The zero-order chi connectivity index (χ0) is 19.8. The highest BCUT2D eigenvalue weighted by Gasteiger charge is 2.09. The molecule has 0 radical (unpaired) electrons. The molecule has 0 unspecified atom stereocenters. The van der Waals surface area contributed by atoms with Crippen molar-refractivity contribution in [1.29, 1.82) is 0 Å². The first-order chi connectivity index (χ1) is 12.9. The number of hydrogen-bond donors (Lipinski definition) is 1. The van der Waals surface area contributed by atoms with Crippen LogP contribution in [0.25, 0.3) is 0 Å². The summed E-state index contributed by atoms with van der Waals surface area (Å²) in [6.45, 7) is 4.69. The first kappa shape index (κ1) is 19.9. The smallest absolute Gasteiger partial charge is 0.271 e. The molecule has 0 atom stereocenters. The molecule has 2 aromatic rings. The minimum atomic E-state index is -0.526. The number of nitro benzene ring substituents is 1. The van der Waals surface area contributed by atoms with Crippen LogP contribution in [0.2, 0.25) is 0 Å². The fraction of sp³-hybridized carbons (Fsp3) is 0.263. The van der Waals surface area contributed by atoms with Crippen molar-refractivity contribution >= 4 is 17.8 Å². The molecule has 1 N–H and O–H groups in total. The molecule has 1 amide bonds. The first-order valence-corrected chi connectivity index (χ1v) is 8.29. The van der Waals surface area contributed by atoms with Gasteiger partial charge in [0.25, 0.3) is 11.6 Å². The number of non-ortho nitro benzene ring substituents is 1. The first-order valence-electron chi connectivity index (χ1n) is 8.29. The van der Waals surface area contributed by atoms with Crippen LogP contribution in [0.15, 0.2) is 47.6 Å². The van der Waals surface area contributed by atoms with Gasteiger partial charge < -0.3 is 9.47 Å². The van der Waals surface area contributed by atoms with Gasteiger partial charge in [-0.2, -0.15) is 5.10 Å². The number of amides is 1. The number of carbonyl (C=O) groups is 1. The van der Waals surface area contributed by atoms with E-state index in [4.69, 9.17) is 9.47 Å². The lowest BCUT2D eigenvalue weighted by molar-refractivity contribution is -0.384. The van der Waals surface area contributed by atoms with Gasteiger partial charge in [-0.15, -0.1) is 0 Å². The zero-order valence-corrected chi connectivity index (χ0v) is 15.3. The average molecular weight is 371 g/mol. The molecule has 0 saturated carbocycles. The van der Waals surface area contributed by atoms with Crippen LogP contribution >= 0.6 is 0 Å². The normalized spacial score (nSPS) is 10.8. The van der Waals surface area contributed by atoms with E-state index in [1.54, 1.807) is 25.3 Å². The van der Waals surface area contributed by atoms with Gasteiger partial charge in [-0.25, -0.2) is 5.43 Å². The number of ether oxygens (including phenoxy) is 2. The monoisotopic (exact) mass is 371 g/mol. The molecule has 0 aliphatic carbocycles. The van der Waals surface area contributed by atoms with E-state index in [-0.39, 0.29) is 11.3 Å². The number of hydrazone groups is 1. The third-order valence-corrected chi connectivity index (χ3v) is 3.48. The predicted octanol–water partition coefficient (Wildman–Crippen LogP) is 3.40. The van der Waals surface area contributed by atoms with Gasteiger partial charge in [0.05, 0.1) is 24.9 Å². The summed E-state index contributed by atoms with van der Waals surface area (Å²) in [5.41, 5.74) is 3.28. The molecule has 8 nitrogen and oxygen atoms in total. The van der Waals surface area contributed by atoms with Gasteiger partial charge in [-0.05, 0) is 41.8 Å². The molecule has 0 saturated heterocycles. The Labute approximate surface area is 157 Å². The quantitative estimate of drug-likeness (QED) is 0.435. The fourth-order valence-corrected chi connectivity index (χ4v) is 2.10. The highest BCUT2D eigenvalue weighted by Crippen LogP contribution is 2.28. The summed E-state index contributed by atoms with van der Waals surface area (Å²) in [5, 5.41) is 14.5. The second kappa shape index (κ2) is 9.33. The fourth-order valence-electron chi connectivity index (χ4n) is 2.10. The summed E-state index contributed by atoms with van der Waals surface area (Å²) in [7, 11) is 1.55. The van der Waals surface area contributed by atoms with Crippen LogP contribution in [0.4, 0.5) is 5.69 Å². The Bertz CT molecular complexity index is 832. The molecule has 0 aliphatic heterocycles. The van der Waals surface area contributed by atoms with E-state index < -0.39 is 10.8 Å². The van der Waals surface area contributed by atoms with Crippen molar-refractivity contribution < 1.29 is 19.2 Å². The third-order valence-electron chi connectivity index (χ3n) is 3.48. The van der Waals surface area contributed by atoms with Crippen molar-refractivity contribution in [3.63, 3.8) is 0 Å². The van der Waals surface area contributed by atoms with Crippen molar-refractivity contribution in [3.05, 3.63) is 63.7 Å². The molecule has 0 bridgehead atoms. The Balaban J connectivity index is 2.00. The van der Waals surface area contributed by atoms with Crippen LogP contribution in [0, 0.1) is 16.0 Å². The van der Waals surface area contributed by atoms with Gasteiger partial charge in [0.2, 0.25) is 0 Å². The van der Waals surface area contributed by atoms with Gasteiger partial charge in [0.1, 0.15) is 0 Å². The Morgan fingerprint density at radius 1 is 1.22 bits per heavy atom. The second-order valence-corrected chi connectivity index (χ2v) is 6.12. The number of nitrogens with one attached hydrogen (secondary N) is 1. The third kappa shape index (κ3) is 5.81. The van der Waals surface area contributed by atoms with Gasteiger partial charge in [0.15, 0.2) is 11.5 Å². The minimum Gasteiger partial charge on any atom is -0.493 e. The number of nitrogens with zero attached hydrogens (tertiary/aromatic N) is 2. The Morgan fingerprint density at radius 3 is 2.52 bits per heavy atom. The van der Waals surface area contributed by atoms with Crippen LogP contribution in [-0.4, -0.2) is 30.8 Å². The van der Waals surface area contributed by atoms with Crippen LogP contribution in [0.3, 0.4) is 0 Å². The number of rotatable bonds is 8. The van der Waals surface area contributed by atoms with E-state index in [2.05, 4.69) is 24.4 Å². The minimum absolute atomic E-state index is 0.0816. The molecule has 142 valence electrons. The molecule has 0 fully saturated rings. The Morgan fingerprint density at radius 2 is 1.93 bits per heavy atom.